The Kier molecular flexibility index (Phi) is 5.08. The van der Waals surface area contributed by atoms with Gasteiger partial charge in [0.2, 0.25) is 0 Å². The summed E-state index contributed by atoms with van der Waals surface area (Å²) in [5, 5.41) is 11.4. The van der Waals surface area contributed by atoms with Gasteiger partial charge in [-0.15, -0.1) is 10.2 Å². The minimum Gasteiger partial charge on any atom is -0.497 e. The Labute approximate surface area is 170 Å². The number of benzene rings is 2. The second-order valence-electron chi connectivity index (χ2n) is 6.18. The van der Waals surface area contributed by atoms with E-state index in [4.69, 9.17) is 4.74 Å². The number of carbonyl (C=O) groups excluding carboxylic acids is 1. The Morgan fingerprint density at radius 3 is 2.64 bits per heavy atom. The summed E-state index contributed by atoms with van der Waals surface area (Å²) in [6.07, 6.45) is 1.81. The second-order valence-corrected chi connectivity index (χ2v) is 7.03. The zero-order valence-electron chi connectivity index (χ0n) is 15.1. The first-order valence-corrected chi connectivity index (χ1v) is 9.46. The third-order valence-corrected chi connectivity index (χ3v) is 5.09. The number of hydrogen-bond donors (Lipinski definition) is 1. The quantitative estimate of drug-likeness (QED) is 0.511. The van der Waals surface area contributed by atoms with Crippen LogP contribution in [0, 0.1) is 0 Å². The third-order valence-electron chi connectivity index (χ3n) is 4.40. The lowest BCUT2D eigenvalue weighted by Gasteiger charge is -2.07. The maximum atomic E-state index is 12.5. The average Bonchev–Trinajstić information content (AvgIpc) is 3.15. The molecule has 0 radical (unpaired) electrons. The molecule has 1 amide bonds. The first kappa shape index (κ1) is 18.2. The van der Waals surface area contributed by atoms with Crippen molar-refractivity contribution in [1.82, 2.24) is 19.9 Å². The minimum absolute atomic E-state index is 0.163. The van der Waals surface area contributed by atoms with Gasteiger partial charge < -0.3 is 10.1 Å². The number of carbonyl (C=O) groups is 1. The predicted octanol–water partition coefficient (Wildman–Crippen LogP) is 4.10. The molecule has 28 heavy (non-hydrogen) atoms. The highest BCUT2D eigenvalue weighted by atomic mass is 79.9. The highest BCUT2D eigenvalue weighted by Gasteiger charge is 2.13. The Bertz CT molecular complexity index is 1140. The van der Waals surface area contributed by atoms with Crippen LogP contribution in [-0.2, 0) is 6.54 Å². The van der Waals surface area contributed by atoms with E-state index >= 15 is 0 Å². The number of amides is 1. The molecule has 6 nitrogen and oxygen atoms in total. The summed E-state index contributed by atoms with van der Waals surface area (Å²) in [4.78, 5) is 12.5. The van der Waals surface area contributed by atoms with Crippen molar-refractivity contribution in [3.8, 4) is 17.1 Å². The summed E-state index contributed by atoms with van der Waals surface area (Å²) in [7, 11) is 1.62. The first-order valence-electron chi connectivity index (χ1n) is 8.66. The van der Waals surface area contributed by atoms with Crippen LogP contribution >= 0.6 is 15.9 Å². The molecule has 4 rings (SSSR count). The maximum Gasteiger partial charge on any atom is 0.251 e. The van der Waals surface area contributed by atoms with E-state index in [9.17, 15) is 4.79 Å². The predicted molar refractivity (Wildman–Crippen MR) is 110 cm³/mol. The number of rotatable bonds is 5. The van der Waals surface area contributed by atoms with Crippen molar-refractivity contribution in [1.29, 1.82) is 0 Å². The van der Waals surface area contributed by atoms with Crippen molar-refractivity contribution in [2.45, 2.75) is 6.54 Å². The Balaban J connectivity index is 1.53. The van der Waals surface area contributed by atoms with Crippen molar-refractivity contribution < 1.29 is 9.53 Å². The van der Waals surface area contributed by atoms with Crippen molar-refractivity contribution in [2.75, 3.05) is 7.11 Å². The molecule has 0 atom stereocenters. The number of nitrogens with zero attached hydrogens (tertiary/aromatic N) is 3. The van der Waals surface area contributed by atoms with Crippen molar-refractivity contribution >= 4 is 27.5 Å². The van der Waals surface area contributed by atoms with Crippen LogP contribution in [-0.4, -0.2) is 27.6 Å². The summed E-state index contributed by atoms with van der Waals surface area (Å²) in [5.74, 6) is 1.34. The number of pyridine rings is 1. The molecule has 0 fully saturated rings. The van der Waals surface area contributed by atoms with E-state index in [1.807, 2.05) is 59.1 Å². The molecule has 140 valence electrons. The maximum absolute atomic E-state index is 12.5. The van der Waals surface area contributed by atoms with E-state index in [2.05, 4.69) is 31.4 Å². The molecule has 2 aromatic carbocycles. The van der Waals surface area contributed by atoms with Crippen molar-refractivity contribution in [2.24, 2.45) is 0 Å². The standard InChI is InChI=1S/C21H17BrN4O2/c1-28-16-8-6-14(7-9-16)13-23-21(27)15-10-11-26-19(12-15)24-25-20(26)17-4-2-3-5-18(17)22/h2-12H,13H2,1H3,(H,23,27). The monoisotopic (exact) mass is 436 g/mol. The fourth-order valence-electron chi connectivity index (χ4n) is 2.89. The van der Waals surface area contributed by atoms with Gasteiger partial charge in [-0.2, -0.15) is 0 Å². The lowest BCUT2D eigenvalue weighted by molar-refractivity contribution is 0.0951. The molecule has 0 aliphatic carbocycles. The molecule has 0 saturated heterocycles. The SMILES string of the molecule is COc1ccc(CNC(=O)c2ccn3c(-c4ccccc4Br)nnc3c2)cc1. The van der Waals surface area contributed by atoms with Gasteiger partial charge in [-0.3, -0.25) is 9.20 Å². The first-order chi connectivity index (χ1) is 13.7. The summed E-state index contributed by atoms with van der Waals surface area (Å²) in [6.45, 7) is 0.433. The van der Waals surface area contributed by atoms with Gasteiger partial charge in [0, 0.05) is 28.3 Å². The molecular formula is C21H17BrN4O2. The summed E-state index contributed by atoms with van der Waals surface area (Å²) in [5.41, 5.74) is 3.08. The van der Waals surface area contributed by atoms with Crippen LogP contribution in [0.25, 0.3) is 17.0 Å². The number of nitrogens with one attached hydrogen (secondary N) is 1. The molecule has 0 unspecified atom stereocenters. The Morgan fingerprint density at radius 1 is 1.11 bits per heavy atom. The van der Waals surface area contributed by atoms with Crippen molar-refractivity contribution in [3.05, 3.63) is 82.5 Å². The molecule has 0 aliphatic heterocycles. The van der Waals surface area contributed by atoms with Crippen LogP contribution in [0.1, 0.15) is 15.9 Å². The summed E-state index contributed by atoms with van der Waals surface area (Å²) < 4.78 is 7.94. The Hall–Kier alpha value is -3.19. The normalized spacial score (nSPS) is 10.8. The lowest BCUT2D eigenvalue weighted by Crippen LogP contribution is -2.22. The van der Waals surface area contributed by atoms with Gasteiger partial charge in [0.1, 0.15) is 5.75 Å². The number of halogens is 1. The van der Waals surface area contributed by atoms with Crippen LogP contribution in [0.15, 0.2) is 71.3 Å². The molecule has 7 heteroatoms. The molecule has 0 bridgehead atoms. The molecular weight excluding hydrogens is 420 g/mol. The average molecular weight is 437 g/mol. The van der Waals surface area contributed by atoms with E-state index < -0.39 is 0 Å². The molecule has 0 saturated carbocycles. The van der Waals surface area contributed by atoms with Crippen LogP contribution < -0.4 is 10.1 Å². The molecule has 2 heterocycles. The molecule has 1 N–H and O–H groups in total. The van der Waals surface area contributed by atoms with Crippen molar-refractivity contribution in [3.63, 3.8) is 0 Å². The third kappa shape index (κ3) is 3.61. The molecule has 4 aromatic rings. The summed E-state index contributed by atoms with van der Waals surface area (Å²) >= 11 is 3.54. The lowest BCUT2D eigenvalue weighted by atomic mass is 10.2. The number of methoxy groups -OCH3 is 1. The van der Waals surface area contributed by atoms with Crippen LogP contribution in [0.5, 0.6) is 5.75 Å². The van der Waals surface area contributed by atoms with E-state index in [1.165, 1.54) is 0 Å². The van der Waals surface area contributed by atoms with E-state index in [0.717, 1.165) is 21.3 Å². The number of ether oxygens (including phenoxy) is 1. The second kappa shape index (κ2) is 7.82. The van der Waals surface area contributed by atoms with Gasteiger partial charge in [0.15, 0.2) is 11.5 Å². The van der Waals surface area contributed by atoms with Crippen LogP contribution in [0.4, 0.5) is 0 Å². The Morgan fingerprint density at radius 2 is 1.89 bits per heavy atom. The zero-order valence-corrected chi connectivity index (χ0v) is 16.7. The number of hydrogen-bond acceptors (Lipinski definition) is 4. The minimum atomic E-state index is -0.163. The fourth-order valence-corrected chi connectivity index (χ4v) is 3.35. The molecule has 0 spiro atoms. The smallest absolute Gasteiger partial charge is 0.251 e. The molecule has 0 aliphatic rings. The zero-order chi connectivity index (χ0) is 19.5. The van der Waals surface area contributed by atoms with Gasteiger partial charge >= 0.3 is 0 Å². The topological polar surface area (TPSA) is 68.5 Å². The van der Waals surface area contributed by atoms with Gasteiger partial charge in [-0.25, -0.2) is 0 Å². The van der Waals surface area contributed by atoms with Gasteiger partial charge in [-0.1, -0.05) is 46.3 Å². The van der Waals surface area contributed by atoms with E-state index in [-0.39, 0.29) is 5.91 Å². The fraction of sp³-hybridized carbons (Fsp3) is 0.0952. The largest absolute Gasteiger partial charge is 0.497 e. The van der Waals surface area contributed by atoms with Gasteiger partial charge in [0.05, 0.1) is 7.11 Å². The number of fused-ring (bicyclic) bond motifs is 1. The summed E-state index contributed by atoms with van der Waals surface area (Å²) in [6, 6.07) is 18.9. The van der Waals surface area contributed by atoms with E-state index in [0.29, 0.717) is 23.6 Å². The van der Waals surface area contributed by atoms with Crippen LogP contribution in [0.2, 0.25) is 0 Å². The van der Waals surface area contributed by atoms with Gasteiger partial charge in [0.25, 0.3) is 5.91 Å². The van der Waals surface area contributed by atoms with Crippen LogP contribution in [0.3, 0.4) is 0 Å². The highest BCUT2D eigenvalue weighted by molar-refractivity contribution is 9.10. The van der Waals surface area contributed by atoms with Gasteiger partial charge in [-0.05, 0) is 35.9 Å². The van der Waals surface area contributed by atoms with E-state index in [1.54, 1.807) is 19.2 Å². The number of aromatic nitrogens is 3. The highest BCUT2D eigenvalue weighted by Crippen LogP contribution is 2.26. The molecule has 2 aromatic heterocycles.